The Morgan fingerprint density at radius 2 is 1.89 bits per heavy atom. The Kier molecular flexibility index (Phi) is 3.24. The maximum atomic E-state index is 11.7. The zero-order valence-corrected chi connectivity index (χ0v) is 9.31. The van der Waals surface area contributed by atoms with Crippen molar-refractivity contribution in [3.63, 3.8) is 0 Å². The van der Waals surface area contributed by atoms with Crippen molar-refractivity contribution in [2.45, 2.75) is 0 Å². The van der Waals surface area contributed by atoms with Crippen molar-refractivity contribution >= 4 is 23.3 Å². The van der Waals surface area contributed by atoms with Gasteiger partial charge in [-0.3, -0.25) is 9.89 Å². The van der Waals surface area contributed by atoms with E-state index in [1.807, 2.05) is 0 Å². The fourth-order valence-electron chi connectivity index (χ4n) is 1.40. The molecule has 0 radical (unpaired) electrons. The molecule has 3 amide bonds. The van der Waals surface area contributed by atoms with Crippen molar-refractivity contribution in [3.8, 4) is 0 Å². The molecule has 0 unspecified atom stereocenters. The van der Waals surface area contributed by atoms with Gasteiger partial charge >= 0.3 is 6.03 Å². The molecule has 7 heteroatoms. The number of carbonyl (C=O) groups excluding carboxylic acids is 2. The molecule has 1 heterocycles. The fourth-order valence-corrected chi connectivity index (χ4v) is 1.40. The second kappa shape index (κ2) is 5.00. The van der Waals surface area contributed by atoms with Gasteiger partial charge in [0.05, 0.1) is 0 Å². The molecule has 18 heavy (non-hydrogen) atoms. The highest BCUT2D eigenvalue weighted by atomic mass is 16.2. The number of hydrogen-bond acceptors (Lipinski definition) is 3. The van der Waals surface area contributed by atoms with E-state index in [9.17, 15) is 9.59 Å². The lowest BCUT2D eigenvalue weighted by molar-refractivity contribution is 0.102. The number of H-pyrrole nitrogens is 1. The van der Waals surface area contributed by atoms with E-state index in [0.29, 0.717) is 17.1 Å². The standard InChI is InChI=1S/C11H11N5O2/c12-11(18)15-8-3-1-2-7(6-8)14-10(17)9-4-5-13-16-9/h1-6H,(H,13,16)(H,14,17)(H3,12,15,18). The van der Waals surface area contributed by atoms with Gasteiger partial charge < -0.3 is 16.4 Å². The van der Waals surface area contributed by atoms with Gasteiger partial charge in [0.2, 0.25) is 0 Å². The molecule has 0 bridgehead atoms. The van der Waals surface area contributed by atoms with Crippen molar-refractivity contribution in [1.29, 1.82) is 0 Å². The molecule has 2 rings (SSSR count). The number of benzene rings is 1. The average molecular weight is 245 g/mol. The highest BCUT2D eigenvalue weighted by Gasteiger charge is 2.07. The van der Waals surface area contributed by atoms with Crippen LogP contribution in [-0.2, 0) is 0 Å². The van der Waals surface area contributed by atoms with E-state index < -0.39 is 6.03 Å². The van der Waals surface area contributed by atoms with Crippen LogP contribution < -0.4 is 16.4 Å². The Labute approximate surface area is 102 Å². The Morgan fingerprint density at radius 1 is 1.17 bits per heavy atom. The zero-order chi connectivity index (χ0) is 13.0. The predicted octanol–water partition coefficient (Wildman–Crippen LogP) is 1.15. The number of nitrogens with one attached hydrogen (secondary N) is 3. The molecule has 0 spiro atoms. The lowest BCUT2D eigenvalue weighted by Gasteiger charge is -2.06. The largest absolute Gasteiger partial charge is 0.351 e. The van der Waals surface area contributed by atoms with E-state index >= 15 is 0 Å². The molecule has 0 saturated carbocycles. The molecule has 5 N–H and O–H groups in total. The molecule has 0 saturated heterocycles. The van der Waals surface area contributed by atoms with E-state index in [0.717, 1.165) is 0 Å². The number of urea groups is 1. The topological polar surface area (TPSA) is 113 Å². The molecule has 0 atom stereocenters. The van der Waals surface area contributed by atoms with Crippen LogP contribution in [0.15, 0.2) is 36.5 Å². The number of amides is 3. The third-order valence-electron chi connectivity index (χ3n) is 2.13. The number of nitrogens with two attached hydrogens (primary N) is 1. The van der Waals surface area contributed by atoms with Crippen molar-refractivity contribution in [1.82, 2.24) is 10.2 Å². The molecule has 0 aliphatic heterocycles. The SMILES string of the molecule is NC(=O)Nc1cccc(NC(=O)c2ccn[nH]2)c1. The molecule has 92 valence electrons. The summed E-state index contributed by atoms with van der Waals surface area (Å²) in [7, 11) is 0. The minimum Gasteiger partial charge on any atom is -0.351 e. The molecular formula is C11H11N5O2. The Balaban J connectivity index is 2.10. The van der Waals surface area contributed by atoms with Gasteiger partial charge in [-0.15, -0.1) is 0 Å². The first kappa shape index (κ1) is 11.6. The van der Waals surface area contributed by atoms with Crippen molar-refractivity contribution in [3.05, 3.63) is 42.2 Å². The first-order chi connectivity index (χ1) is 8.65. The number of primary amides is 1. The van der Waals surface area contributed by atoms with Crippen LogP contribution in [0, 0.1) is 0 Å². The number of nitrogens with zero attached hydrogens (tertiary/aromatic N) is 1. The van der Waals surface area contributed by atoms with Crippen LogP contribution in [0.25, 0.3) is 0 Å². The monoisotopic (exact) mass is 245 g/mol. The van der Waals surface area contributed by atoms with Crippen LogP contribution in [0.2, 0.25) is 0 Å². The molecule has 1 aromatic carbocycles. The molecule has 7 nitrogen and oxygen atoms in total. The summed E-state index contributed by atoms with van der Waals surface area (Å²) in [6.07, 6.45) is 1.49. The third kappa shape index (κ3) is 2.85. The molecule has 1 aromatic heterocycles. The van der Waals surface area contributed by atoms with Gasteiger partial charge in [-0.05, 0) is 24.3 Å². The van der Waals surface area contributed by atoms with Gasteiger partial charge in [-0.1, -0.05) is 6.07 Å². The maximum absolute atomic E-state index is 11.7. The highest BCUT2D eigenvalue weighted by Crippen LogP contribution is 2.15. The normalized spacial score (nSPS) is 9.78. The predicted molar refractivity (Wildman–Crippen MR) is 66.2 cm³/mol. The third-order valence-corrected chi connectivity index (χ3v) is 2.13. The second-order valence-electron chi connectivity index (χ2n) is 3.49. The summed E-state index contributed by atoms with van der Waals surface area (Å²) in [6, 6.07) is 7.54. The average Bonchev–Trinajstić information content (AvgIpc) is 2.81. The van der Waals surface area contributed by atoms with Gasteiger partial charge in [0.15, 0.2) is 0 Å². The van der Waals surface area contributed by atoms with E-state index in [-0.39, 0.29) is 5.91 Å². The first-order valence-corrected chi connectivity index (χ1v) is 5.12. The summed E-state index contributed by atoms with van der Waals surface area (Å²) in [4.78, 5) is 22.4. The Hall–Kier alpha value is -2.83. The second-order valence-corrected chi connectivity index (χ2v) is 3.49. The van der Waals surface area contributed by atoms with Crippen LogP contribution >= 0.6 is 0 Å². The van der Waals surface area contributed by atoms with Crippen molar-refractivity contribution < 1.29 is 9.59 Å². The lowest BCUT2D eigenvalue weighted by Crippen LogP contribution is -2.19. The quantitative estimate of drug-likeness (QED) is 0.650. The molecule has 0 aliphatic carbocycles. The van der Waals surface area contributed by atoms with Crippen LogP contribution in [-0.4, -0.2) is 22.1 Å². The summed E-state index contributed by atoms with van der Waals surface area (Å²) < 4.78 is 0. The summed E-state index contributed by atoms with van der Waals surface area (Å²) in [5.74, 6) is -0.316. The minimum atomic E-state index is -0.660. The summed E-state index contributed by atoms with van der Waals surface area (Å²) in [5, 5.41) is 11.3. The minimum absolute atomic E-state index is 0.316. The van der Waals surface area contributed by atoms with Crippen molar-refractivity contribution in [2.24, 2.45) is 5.73 Å². The van der Waals surface area contributed by atoms with Gasteiger partial charge in [-0.25, -0.2) is 4.79 Å². The van der Waals surface area contributed by atoms with Gasteiger partial charge in [-0.2, -0.15) is 5.10 Å². The fraction of sp³-hybridized carbons (Fsp3) is 0. The van der Waals surface area contributed by atoms with Crippen molar-refractivity contribution in [2.75, 3.05) is 10.6 Å². The van der Waals surface area contributed by atoms with E-state index in [1.165, 1.54) is 6.20 Å². The molecule has 2 aromatic rings. The number of hydrogen-bond donors (Lipinski definition) is 4. The number of carbonyl (C=O) groups is 2. The van der Waals surface area contributed by atoms with Gasteiger partial charge in [0.25, 0.3) is 5.91 Å². The van der Waals surface area contributed by atoms with E-state index in [4.69, 9.17) is 5.73 Å². The van der Waals surface area contributed by atoms with Gasteiger partial charge in [0.1, 0.15) is 5.69 Å². The number of rotatable bonds is 3. The van der Waals surface area contributed by atoms with Crippen LogP contribution in [0.1, 0.15) is 10.5 Å². The molecular weight excluding hydrogens is 234 g/mol. The zero-order valence-electron chi connectivity index (χ0n) is 9.31. The maximum Gasteiger partial charge on any atom is 0.316 e. The first-order valence-electron chi connectivity index (χ1n) is 5.12. The number of anilines is 2. The highest BCUT2D eigenvalue weighted by molar-refractivity contribution is 6.03. The Bertz CT molecular complexity index is 565. The van der Waals surface area contributed by atoms with Crippen LogP contribution in [0.4, 0.5) is 16.2 Å². The lowest BCUT2D eigenvalue weighted by atomic mass is 10.2. The Morgan fingerprint density at radius 3 is 2.50 bits per heavy atom. The summed E-state index contributed by atoms with van der Waals surface area (Å²) in [6.45, 7) is 0. The molecule has 0 fully saturated rings. The summed E-state index contributed by atoms with van der Waals surface area (Å²) in [5.41, 5.74) is 6.40. The van der Waals surface area contributed by atoms with Crippen LogP contribution in [0.3, 0.4) is 0 Å². The smallest absolute Gasteiger partial charge is 0.316 e. The molecule has 0 aliphatic rings. The van der Waals surface area contributed by atoms with Gasteiger partial charge in [0, 0.05) is 17.6 Å². The number of aromatic nitrogens is 2. The number of aromatic amines is 1. The van der Waals surface area contributed by atoms with E-state index in [1.54, 1.807) is 30.3 Å². The van der Waals surface area contributed by atoms with E-state index in [2.05, 4.69) is 20.8 Å². The van der Waals surface area contributed by atoms with Crippen LogP contribution in [0.5, 0.6) is 0 Å². The summed E-state index contributed by atoms with van der Waals surface area (Å²) >= 11 is 0.